The number of hydrogen-bond acceptors (Lipinski definition) is 4. The predicted octanol–water partition coefficient (Wildman–Crippen LogP) is 0.202. The van der Waals surface area contributed by atoms with Gasteiger partial charge in [0.25, 0.3) is 0 Å². The highest BCUT2D eigenvalue weighted by Gasteiger charge is 2.35. The Kier molecular flexibility index (Phi) is 3.65. The molecule has 1 fully saturated rings. The van der Waals surface area contributed by atoms with Crippen LogP contribution in [0.2, 0.25) is 0 Å². The Morgan fingerprint density at radius 1 is 1.50 bits per heavy atom. The summed E-state index contributed by atoms with van der Waals surface area (Å²) >= 11 is 0. The number of sulfonamides is 1. The molecular formula is C8H15NO4S. The van der Waals surface area contributed by atoms with Crippen molar-refractivity contribution in [1.29, 1.82) is 0 Å². The second-order valence-corrected chi connectivity index (χ2v) is 4.71. The second-order valence-electron chi connectivity index (χ2n) is 2.99. The molecule has 0 saturated carbocycles. The maximum absolute atomic E-state index is 11.1. The molecule has 1 aliphatic heterocycles. The Morgan fingerprint density at radius 2 is 2.07 bits per heavy atom. The summed E-state index contributed by atoms with van der Waals surface area (Å²) < 4.78 is 35.2. The fraction of sp³-hybridized carbons (Fsp3) is 0.750. The normalized spacial score (nSPS) is 20.9. The van der Waals surface area contributed by atoms with Gasteiger partial charge in [-0.1, -0.05) is 13.5 Å². The van der Waals surface area contributed by atoms with Gasteiger partial charge in [0.1, 0.15) is 0 Å². The lowest BCUT2D eigenvalue weighted by molar-refractivity contribution is -0.152. The van der Waals surface area contributed by atoms with E-state index in [1.165, 1.54) is 0 Å². The molecule has 0 atom stereocenters. The Balaban J connectivity index is 2.54. The van der Waals surface area contributed by atoms with Crippen LogP contribution >= 0.6 is 0 Å². The summed E-state index contributed by atoms with van der Waals surface area (Å²) in [6.07, 6.45) is 0.604. The third kappa shape index (κ3) is 2.78. The summed E-state index contributed by atoms with van der Waals surface area (Å²) in [7, 11) is -3.40. The quantitative estimate of drug-likeness (QED) is 0.720. The molecule has 0 aromatic rings. The lowest BCUT2D eigenvalue weighted by Crippen LogP contribution is -2.42. The standard InChI is InChI=1S/C8H15NO4S/c1-3-8(12-5-6-13-8)7-9-14(10,11)4-2/h4,9H,2-3,5-7H2,1H3. The largest absolute Gasteiger partial charge is 0.346 e. The predicted molar refractivity (Wildman–Crippen MR) is 52.0 cm³/mol. The highest BCUT2D eigenvalue weighted by molar-refractivity contribution is 7.92. The molecule has 1 rings (SSSR count). The van der Waals surface area contributed by atoms with Crippen molar-refractivity contribution >= 4 is 10.0 Å². The van der Waals surface area contributed by atoms with Gasteiger partial charge in [-0.05, 0) is 6.42 Å². The highest BCUT2D eigenvalue weighted by atomic mass is 32.2. The Hall–Kier alpha value is -0.430. The van der Waals surface area contributed by atoms with Crippen LogP contribution in [0.3, 0.4) is 0 Å². The van der Waals surface area contributed by atoms with Gasteiger partial charge in [0.15, 0.2) is 5.79 Å². The summed E-state index contributed by atoms with van der Waals surface area (Å²) in [5.74, 6) is -0.796. The first-order chi connectivity index (χ1) is 6.54. The molecule has 0 unspecified atom stereocenters. The van der Waals surface area contributed by atoms with E-state index in [0.29, 0.717) is 19.6 Å². The maximum Gasteiger partial charge on any atom is 0.233 e. The summed E-state index contributed by atoms with van der Waals surface area (Å²) in [4.78, 5) is 0. The number of rotatable bonds is 5. The molecule has 82 valence electrons. The van der Waals surface area contributed by atoms with Crippen LogP contribution in [0.25, 0.3) is 0 Å². The van der Waals surface area contributed by atoms with Crippen LogP contribution in [0.15, 0.2) is 12.0 Å². The molecule has 0 radical (unpaired) electrons. The first-order valence-electron chi connectivity index (χ1n) is 4.43. The first-order valence-corrected chi connectivity index (χ1v) is 5.98. The minimum absolute atomic E-state index is 0.123. The molecule has 0 spiro atoms. The fourth-order valence-corrected chi connectivity index (χ4v) is 1.74. The van der Waals surface area contributed by atoms with Crippen molar-refractivity contribution < 1.29 is 17.9 Å². The second kappa shape index (κ2) is 4.39. The average Bonchev–Trinajstić information content (AvgIpc) is 2.65. The smallest absolute Gasteiger partial charge is 0.233 e. The minimum Gasteiger partial charge on any atom is -0.346 e. The van der Waals surface area contributed by atoms with Gasteiger partial charge in [-0.15, -0.1) is 0 Å². The van der Waals surface area contributed by atoms with Crippen molar-refractivity contribution in [3.63, 3.8) is 0 Å². The van der Waals surface area contributed by atoms with Gasteiger partial charge in [-0.25, -0.2) is 13.1 Å². The molecule has 0 amide bonds. The molecule has 1 heterocycles. The van der Waals surface area contributed by atoms with Gasteiger partial charge in [-0.3, -0.25) is 0 Å². The van der Waals surface area contributed by atoms with Crippen molar-refractivity contribution in [3.05, 3.63) is 12.0 Å². The van der Waals surface area contributed by atoms with Crippen LogP contribution in [0.4, 0.5) is 0 Å². The van der Waals surface area contributed by atoms with E-state index in [-0.39, 0.29) is 6.54 Å². The van der Waals surface area contributed by atoms with Crippen molar-refractivity contribution in [2.45, 2.75) is 19.1 Å². The van der Waals surface area contributed by atoms with Crippen LogP contribution in [-0.4, -0.2) is 34.0 Å². The number of ether oxygens (including phenoxy) is 2. The Bertz CT molecular complexity index is 292. The molecule has 0 bridgehead atoms. The van der Waals surface area contributed by atoms with Gasteiger partial charge in [0.05, 0.1) is 19.8 Å². The van der Waals surface area contributed by atoms with Crippen molar-refractivity contribution in [1.82, 2.24) is 4.72 Å². The molecule has 1 aliphatic rings. The lowest BCUT2D eigenvalue weighted by atomic mass is 10.2. The summed E-state index contributed by atoms with van der Waals surface area (Å²) in [5.41, 5.74) is 0. The molecule has 5 nitrogen and oxygen atoms in total. The SMILES string of the molecule is C=CS(=O)(=O)NCC1(CC)OCCO1. The van der Waals surface area contributed by atoms with E-state index < -0.39 is 15.8 Å². The van der Waals surface area contributed by atoms with Crippen molar-refractivity contribution in [3.8, 4) is 0 Å². The van der Waals surface area contributed by atoms with Gasteiger partial charge < -0.3 is 9.47 Å². The van der Waals surface area contributed by atoms with E-state index in [9.17, 15) is 8.42 Å². The fourth-order valence-electron chi connectivity index (χ4n) is 1.20. The summed E-state index contributed by atoms with van der Waals surface area (Å²) in [6.45, 7) is 6.21. The molecule has 6 heteroatoms. The van der Waals surface area contributed by atoms with E-state index in [0.717, 1.165) is 5.41 Å². The summed E-state index contributed by atoms with van der Waals surface area (Å²) in [6, 6.07) is 0. The van der Waals surface area contributed by atoms with E-state index >= 15 is 0 Å². The maximum atomic E-state index is 11.1. The third-order valence-electron chi connectivity index (χ3n) is 2.11. The lowest BCUT2D eigenvalue weighted by Gasteiger charge is -2.25. The van der Waals surface area contributed by atoms with Gasteiger partial charge in [-0.2, -0.15) is 0 Å². The number of hydrogen-bond donors (Lipinski definition) is 1. The van der Waals surface area contributed by atoms with Crippen molar-refractivity contribution in [2.75, 3.05) is 19.8 Å². The zero-order chi connectivity index (χ0) is 10.7. The van der Waals surface area contributed by atoms with E-state index in [1.54, 1.807) is 0 Å². The van der Waals surface area contributed by atoms with Crippen molar-refractivity contribution in [2.24, 2.45) is 0 Å². The van der Waals surface area contributed by atoms with Crippen LogP contribution in [0, 0.1) is 0 Å². The Morgan fingerprint density at radius 3 is 2.50 bits per heavy atom. The zero-order valence-corrected chi connectivity index (χ0v) is 8.97. The topological polar surface area (TPSA) is 64.6 Å². The van der Waals surface area contributed by atoms with Crippen LogP contribution in [0.1, 0.15) is 13.3 Å². The van der Waals surface area contributed by atoms with Crippen LogP contribution in [-0.2, 0) is 19.5 Å². The minimum atomic E-state index is -3.40. The molecular weight excluding hydrogens is 206 g/mol. The Labute approximate surface area is 84.1 Å². The molecule has 14 heavy (non-hydrogen) atoms. The summed E-state index contributed by atoms with van der Waals surface area (Å²) in [5, 5.41) is 0.866. The first kappa shape index (κ1) is 11.6. The third-order valence-corrected chi connectivity index (χ3v) is 3.10. The highest BCUT2D eigenvalue weighted by Crippen LogP contribution is 2.22. The van der Waals surface area contributed by atoms with E-state index in [1.807, 2.05) is 6.92 Å². The number of nitrogens with one attached hydrogen (secondary N) is 1. The molecule has 0 aromatic carbocycles. The van der Waals surface area contributed by atoms with Crippen LogP contribution < -0.4 is 4.72 Å². The van der Waals surface area contributed by atoms with E-state index in [2.05, 4.69) is 11.3 Å². The zero-order valence-electron chi connectivity index (χ0n) is 8.15. The molecule has 0 aliphatic carbocycles. The molecule has 0 aromatic heterocycles. The van der Waals surface area contributed by atoms with Gasteiger partial charge in [0.2, 0.25) is 10.0 Å². The van der Waals surface area contributed by atoms with E-state index in [4.69, 9.17) is 9.47 Å². The van der Waals surface area contributed by atoms with Gasteiger partial charge >= 0.3 is 0 Å². The van der Waals surface area contributed by atoms with Gasteiger partial charge in [0, 0.05) is 5.41 Å². The monoisotopic (exact) mass is 221 g/mol. The van der Waals surface area contributed by atoms with Crippen LogP contribution in [0.5, 0.6) is 0 Å². The molecule has 1 N–H and O–H groups in total. The average molecular weight is 221 g/mol. The molecule has 1 saturated heterocycles.